The Morgan fingerprint density at radius 3 is 2.36 bits per heavy atom. The zero-order valence-corrected chi connectivity index (χ0v) is 17.1. The number of carbonyl (C=O) groups is 1. The minimum absolute atomic E-state index is 0.0631. The molecule has 3 rings (SSSR count). The first-order valence-electron chi connectivity index (χ1n) is 9.45. The lowest BCUT2D eigenvalue weighted by Crippen LogP contribution is -2.37. The minimum Gasteiger partial charge on any atom is -0.481 e. The molecule has 1 amide bonds. The molecule has 0 N–H and O–H groups in total. The van der Waals surface area contributed by atoms with E-state index >= 15 is 0 Å². The van der Waals surface area contributed by atoms with Gasteiger partial charge in [-0.1, -0.05) is 35.9 Å². The number of aryl methyl sites for hydroxylation is 2. The first-order chi connectivity index (χ1) is 13.4. The highest BCUT2D eigenvalue weighted by atomic mass is 16.5. The molecule has 3 aromatic rings. The van der Waals surface area contributed by atoms with E-state index in [9.17, 15) is 4.79 Å². The number of hydrogen-bond donors (Lipinski definition) is 0. The Bertz CT molecular complexity index is 946. The number of ether oxygens (including phenoxy) is 1. The first kappa shape index (κ1) is 19.7. The Balaban J connectivity index is 1.71. The van der Waals surface area contributed by atoms with Gasteiger partial charge in [-0.3, -0.25) is 4.79 Å². The molecule has 0 unspecified atom stereocenters. The summed E-state index contributed by atoms with van der Waals surface area (Å²) in [4.78, 5) is 14.5. The Morgan fingerprint density at radius 1 is 1.07 bits per heavy atom. The molecule has 2 aromatic carbocycles. The number of aromatic nitrogens is 2. The molecule has 28 heavy (non-hydrogen) atoms. The molecule has 1 atom stereocenters. The van der Waals surface area contributed by atoms with E-state index in [2.05, 4.69) is 5.10 Å². The maximum atomic E-state index is 12.8. The smallest absolute Gasteiger partial charge is 0.263 e. The quantitative estimate of drug-likeness (QED) is 0.646. The molecule has 0 aliphatic rings. The standard InChI is InChI=1S/C23H27N3O2/c1-16-11-13-21(14-12-16)28-19(4)23(27)25(5)15-22-17(2)24-26(18(22)3)20-9-7-6-8-10-20/h6-14,19H,15H2,1-5H3/t19-/m0/s1. The highest BCUT2D eigenvalue weighted by molar-refractivity contribution is 5.80. The molecule has 0 aliphatic heterocycles. The second kappa shape index (κ2) is 8.30. The average molecular weight is 377 g/mol. The molecule has 5 heteroatoms. The summed E-state index contributed by atoms with van der Waals surface area (Å²) in [5.41, 5.74) is 5.19. The topological polar surface area (TPSA) is 47.4 Å². The fourth-order valence-corrected chi connectivity index (χ4v) is 3.22. The molecule has 1 aromatic heterocycles. The van der Waals surface area contributed by atoms with Crippen LogP contribution in [0.3, 0.4) is 0 Å². The Labute approximate surface area is 166 Å². The second-order valence-corrected chi connectivity index (χ2v) is 7.16. The lowest BCUT2D eigenvalue weighted by atomic mass is 10.1. The van der Waals surface area contributed by atoms with Gasteiger partial charge < -0.3 is 9.64 Å². The van der Waals surface area contributed by atoms with Crippen LogP contribution in [0.5, 0.6) is 5.75 Å². The van der Waals surface area contributed by atoms with E-state index in [-0.39, 0.29) is 5.91 Å². The number of likely N-dealkylation sites (N-methyl/N-ethyl adjacent to an activating group) is 1. The van der Waals surface area contributed by atoms with E-state index in [4.69, 9.17) is 4.74 Å². The minimum atomic E-state index is -0.558. The van der Waals surface area contributed by atoms with E-state index in [0.717, 1.165) is 28.2 Å². The van der Waals surface area contributed by atoms with Crippen molar-refractivity contribution < 1.29 is 9.53 Å². The van der Waals surface area contributed by atoms with Crippen LogP contribution in [0.15, 0.2) is 54.6 Å². The number of rotatable bonds is 6. The lowest BCUT2D eigenvalue weighted by Gasteiger charge is -2.22. The summed E-state index contributed by atoms with van der Waals surface area (Å²) < 4.78 is 7.74. The molecule has 146 valence electrons. The van der Waals surface area contributed by atoms with Crippen molar-refractivity contribution in [3.63, 3.8) is 0 Å². The van der Waals surface area contributed by atoms with Gasteiger partial charge in [0, 0.05) is 24.8 Å². The van der Waals surface area contributed by atoms with Gasteiger partial charge in [0.15, 0.2) is 6.10 Å². The number of benzene rings is 2. The SMILES string of the molecule is Cc1ccc(O[C@@H](C)C(=O)N(C)Cc2c(C)nn(-c3ccccc3)c2C)cc1. The highest BCUT2D eigenvalue weighted by Gasteiger charge is 2.22. The summed E-state index contributed by atoms with van der Waals surface area (Å²) in [6, 6.07) is 17.7. The van der Waals surface area contributed by atoms with Crippen LogP contribution in [-0.2, 0) is 11.3 Å². The Kier molecular flexibility index (Phi) is 5.83. The summed E-state index contributed by atoms with van der Waals surface area (Å²) in [5, 5.41) is 4.66. The highest BCUT2D eigenvalue weighted by Crippen LogP contribution is 2.20. The molecule has 5 nitrogen and oxygen atoms in total. The van der Waals surface area contributed by atoms with E-state index < -0.39 is 6.10 Å². The number of hydrogen-bond acceptors (Lipinski definition) is 3. The monoisotopic (exact) mass is 377 g/mol. The fraction of sp³-hybridized carbons (Fsp3) is 0.304. The largest absolute Gasteiger partial charge is 0.481 e. The molecule has 0 saturated heterocycles. The third-order valence-electron chi connectivity index (χ3n) is 4.90. The van der Waals surface area contributed by atoms with Crippen molar-refractivity contribution in [2.45, 2.75) is 40.3 Å². The molecule has 0 radical (unpaired) electrons. The van der Waals surface area contributed by atoms with Gasteiger partial charge in [-0.15, -0.1) is 0 Å². The third-order valence-corrected chi connectivity index (χ3v) is 4.90. The Hall–Kier alpha value is -3.08. The van der Waals surface area contributed by atoms with Crippen LogP contribution < -0.4 is 4.74 Å². The van der Waals surface area contributed by atoms with Gasteiger partial charge in [-0.2, -0.15) is 5.10 Å². The lowest BCUT2D eigenvalue weighted by molar-refractivity contribution is -0.137. The molecule has 0 bridgehead atoms. The number of carbonyl (C=O) groups excluding carboxylic acids is 1. The van der Waals surface area contributed by atoms with Crippen molar-refractivity contribution >= 4 is 5.91 Å². The number of para-hydroxylation sites is 1. The molecule has 1 heterocycles. The fourth-order valence-electron chi connectivity index (χ4n) is 3.22. The molecular weight excluding hydrogens is 350 g/mol. The van der Waals surface area contributed by atoms with Crippen LogP contribution >= 0.6 is 0 Å². The first-order valence-corrected chi connectivity index (χ1v) is 9.45. The zero-order chi connectivity index (χ0) is 20.3. The van der Waals surface area contributed by atoms with Gasteiger partial charge in [0.2, 0.25) is 0 Å². The van der Waals surface area contributed by atoms with Crippen molar-refractivity contribution in [3.8, 4) is 11.4 Å². The molecule has 0 fully saturated rings. The van der Waals surface area contributed by atoms with Gasteiger partial charge >= 0.3 is 0 Å². The average Bonchev–Trinajstić information content (AvgIpc) is 2.98. The second-order valence-electron chi connectivity index (χ2n) is 7.16. The summed E-state index contributed by atoms with van der Waals surface area (Å²) in [6.45, 7) is 8.31. The maximum absolute atomic E-state index is 12.8. The van der Waals surface area contributed by atoms with Crippen molar-refractivity contribution in [3.05, 3.63) is 77.1 Å². The van der Waals surface area contributed by atoms with Gasteiger partial charge in [-0.25, -0.2) is 4.68 Å². The third kappa shape index (κ3) is 4.25. The van der Waals surface area contributed by atoms with Crippen molar-refractivity contribution in [1.29, 1.82) is 0 Å². The number of nitrogens with zero attached hydrogens (tertiary/aromatic N) is 3. The van der Waals surface area contributed by atoms with Crippen molar-refractivity contribution in [2.24, 2.45) is 0 Å². The van der Waals surface area contributed by atoms with Gasteiger partial charge in [-0.05, 0) is 52.0 Å². The van der Waals surface area contributed by atoms with Gasteiger partial charge in [0.05, 0.1) is 11.4 Å². The maximum Gasteiger partial charge on any atom is 0.263 e. The summed E-state index contributed by atoms with van der Waals surface area (Å²) in [6.07, 6.45) is -0.558. The van der Waals surface area contributed by atoms with Gasteiger partial charge in [0.1, 0.15) is 5.75 Å². The predicted molar refractivity (Wildman–Crippen MR) is 111 cm³/mol. The van der Waals surface area contributed by atoms with Crippen LogP contribution in [0.4, 0.5) is 0 Å². The summed E-state index contributed by atoms with van der Waals surface area (Å²) in [5.74, 6) is 0.635. The predicted octanol–water partition coefficient (Wildman–Crippen LogP) is 4.22. The molecular formula is C23H27N3O2. The normalized spacial score (nSPS) is 11.9. The van der Waals surface area contributed by atoms with E-state index in [0.29, 0.717) is 12.3 Å². The van der Waals surface area contributed by atoms with E-state index in [1.165, 1.54) is 0 Å². The summed E-state index contributed by atoms with van der Waals surface area (Å²) >= 11 is 0. The van der Waals surface area contributed by atoms with Crippen LogP contribution in [0.25, 0.3) is 5.69 Å². The van der Waals surface area contributed by atoms with Crippen molar-refractivity contribution in [1.82, 2.24) is 14.7 Å². The van der Waals surface area contributed by atoms with Gasteiger partial charge in [0.25, 0.3) is 5.91 Å². The van der Waals surface area contributed by atoms with Crippen LogP contribution in [0.2, 0.25) is 0 Å². The van der Waals surface area contributed by atoms with Crippen molar-refractivity contribution in [2.75, 3.05) is 7.05 Å². The molecule has 0 saturated carbocycles. The summed E-state index contributed by atoms with van der Waals surface area (Å²) in [7, 11) is 1.80. The van der Waals surface area contributed by atoms with Crippen LogP contribution in [0.1, 0.15) is 29.4 Å². The molecule has 0 spiro atoms. The van der Waals surface area contributed by atoms with Crippen LogP contribution in [0, 0.1) is 20.8 Å². The Morgan fingerprint density at radius 2 is 1.71 bits per heavy atom. The number of amides is 1. The van der Waals surface area contributed by atoms with Crippen LogP contribution in [-0.4, -0.2) is 33.7 Å². The molecule has 0 aliphatic carbocycles. The van der Waals surface area contributed by atoms with E-state index in [1.54, 1.807) is 18.9 Å². The van der Waals surface area contributed by atoms with E-state index in [1.807, 2.05) is 80.1 Å². The zero-order valence-electron chi connectivity index (χ0n) is 17.1.